The van der Waals surface area contributed by atoms with Crippen LogP contribution in [0.2, 0.25) is 0 Å². The Balaban J connectivity index is 3.22. The number of rotatable bonds is 4. The molecule has 0 radical (unpaired) electrons. The molecule has 0 aliphatic carbocycles. The van der Waals surface area contributed by atoms with Crippen molar-refractivity contribution in [2.24, 2.45) is 0 Å². The predicted octanol–water partition coefficient (Wildman–Crippen LogP) is -0.223. The Labute approximate surface area is 56.9 Å². The van der Waals surface area contributed by atoms with E-state index in [-0.39, 0.29) is 6.73 Å². The second kappa shape index (κ2) is 4.73. The van der Waals surface area contributed by atoms with E-state index in [0.717, 1.165) is 13.2 Å². The Bertz CT molecular complexity index is 60.1. The van der Waals surface area contributed by atoms with Crippen LogP contribution in [0.5, 0.6) is 0 Å². The fourth-order valence-corrected chi connectivity index (χ4v) is 0.557. The van der Waals surface area contributed by atoms with E-state index in [1.165, 1.54) is 0 Å². The highest BCUT2D eigenvalue weighted by Gasteiger charge is 1.97. The minimum atomic E-state index is 0.129. The van der Waals surface area contributed by atoms with Gasteiger partial charge in [-0.2, -0.15) is 0 Å². The lowest BCUT2D eigenvalue weighted by Crippen LogP contribution is -2.33. The van der Waals surface area contributed by atoms with E-state index in [2.05, 4.69) is 11.8 Å². The van der Waals surface area contributed by atoms with Crippen LogP contribution in [-0.4, -0.2) is 48.9 Å². The van der Waals surface area contributed by atoms with Gasteiger partial charge in [-0.15, -0.1) is 0 Å². The van der Waals surface area contributed by atoms with Gasteiger partial charge in [-0.3, -0.25) is 9.80 Å². The van der Waals surface area contributed by atoms with Crippen LogP contribution in [-0.2, 0) is 0 Å². The summed E-state index contributed by atoms with van der Waals surface area (Å²) >= 11 is 0. The monoisotopic (exact) mass is 132 g/mol. The van der Waals surface area contributed by atoms with Gasteiger partial charge in [0.15, 0.2) is 0 Å². The van der Waals surface area contributed by atoms with Crippen LogP contribution in [0.15, 0.2) is 0 Å². The van der Waals surface area contributed by atoms with Gasteiger partial charge >= 0.3 is 0 Å². The van der Waals surface area contributed by atoms with Crippen LogP contribution in [0.4, 0.5) is 0 Å². The first kappa shape index (κ1) is 8.88. The fourth-order valence-electron chi connectivity index (χ4n) is 0.557. The van der Waals surface area contributed by atoms with Gasteiger partial charge in [0, 0.05) is 0 Å². The fraction of sp³-hybridized carbons (Fsp3) is 1.00. The number of hydrogen-bond acceptors (Lipinski definition) is 3. The second-order valence-electron chi connectivity index (χ2n) is 2.31. The second-order valence-corrected chi connectivity index (χ2v) is 2.31. The van der Waals surface area contributed by atoms with Gasteiger partial charge in [0.1, 0.15) is 0 Å². The highest BCUT2D eigenvalue weighted by atomic mass is 16.3. The number of nitrogens with zero attached hydrogens (tertiary/aromatic N) is 2. The lowest BCUT2D eigenvalue weighted by atomic mass is 10.6. The molecule has 0 saturated heterocycles. The van der Waals surface area contributed by atoms with Gasteiger partial charge in [0.25, 0.3) is 0 Å². The zero-order valence-corrected chi connectivity index (χ0v) is 6.46. The van der Waals surface area contributed by atoms with E-state index < -0.39 is 0 Å². The molecule has 0 aromatic carbocycles. The smallest absolute Gasteiger partial charge is 0.0964 e. The molecule has 0 aliphatic heterocycles. The Morgan fingerprint density at radius 1 is 1.22 bits per heavy atom. The minimum Gasteiger partial charge on any atom is -0.381 e. The van der Waals surface area contributed by atoms with Crippen LogP contribution in [0.1, 0.15) is 6.92 Å². The standard InChI is InChI=1S/C6H16N2O/c1-4-7(2)5-8(3)6-9/h9H,4-6H2,1-3H3. The first-order valence-electron chi connectivity index (χ1n) is 3.18. The third-order valence-corrected chi connectivity index (χ3v) is 1.26. The van der Waals surface area contributed by atoms with E-state index in [1.807, 2.05) is 19.0 Å². The molecule has 0 heterocycles. The molecule has 56 valence electrons. The highest BCUT2D eigenvalue weighted by Crippen LogP contribution is 1.83. The topological polar surface area (TPSA) is 26.7 Å². The maximum Gasteiger partial charge on any atom is 0.0964 e. The molecular weight excluding hydrogens is 116 g/mol. The summed E-state index contributed by atoms with van der Waals surface area (Å²) in [6.07, 6.45) is 0. The number of aliphatic hydroxyl groups excluding tert-OH is 1. The molecule has 0 aromatic heterocycles. The van der Waals surface area contributed by atoms with E-state index in [4.69, 9.17) is 5.11 Å². The Morgan fingerprint density at radius 3 is 2.11 bits per heavy atom. The summed E-state index contributed by atoms with van der Waals surface area (Å²) in [4.78, 5) is 3.96. The van der Waals surface area contributed by atoms with E-state index >= 15 is 0 Å². The molecule has 0 atom stereocenters. The molecule has 0 aliphatic rings. The van der Waals surface area contributed by atoms with Crippen molar-refractivity contribution >= 4 is 0 Å². The van der Waals surface area contributed by atoms with Gasteiger partial charge in [0.05, 0.1) is 13.4 Å². The lowest BCUT2D eigenvalue weighted by molar-refractivity contribution is 0.0840. The molecule has 0 saturated carbocycles. The van der Waals surface area contributed by atoms with Crippen LogP contribution in [0.3, 0.4) is 0 Å². The molecule has 0 aromatic rings. The van der Waals surface area contributed by atoms with Crippen molar-refractivity contribution < 1.29 is 5.11 Å². The van der Waals surface area contributed by atoms with Gasteiger partial charge in [-0.05, 0) is 20.6 Å². The molecule has 0 fully saturated rings. The quantitative estimate of drug-likeness (QED) is 0.536. The van der Waals surface area contributed by atoms with Gasteiger partial charge in [0.2, 0.25) is 0 Å². The van der Waals surface area contributed by atoms with Crippen LogP contribution < -0.4 is 0 Å². The van der Waals surface area contributed by atoms with Crippen molar-refractivity contribution in [2.75, 3.05) is 34.0 Å². The van der Waals surface area contributed by atoms with Crippen LogP contribution in [0.25, 0.3) is 0 Å². The molecule has 9 heavy (non-hydrogen) atoms. The summed E-state index contributed by atoms with van der Waals surface area (Å²) in [6.45, 7) is 4.06. The van der Waals surface area contributed by atoms with Gasteiger partial charge < -0.3 is 5.11 Å². The Hall–Kier alpha value is -0.120. The summed E-state index contributed by atoms with van der Waals surface area (Å²) < 4.78 is 0. The van der Waals surface area contributed by atoms with Crippen molar-refractivity contribution in [3.63, 3.8) is 0 Å². The van der Waals surface area contributed by atoms with Crippen molar-refractivity contribution in [2.45, 2.75) is 6.92 Å². The molecule has 0 unspecified atom stereocenters. The lowest BCUT2D eigenvalue weighted by Gasteiger charge is -2.20. The first-order valence-corrected chi connectivity index (χ1v) is 3.18. The largest absolute Gasteiger partial charge is 0.381 e. The maximum absolute atomic E-state index is 8.58. The summed E-state index contributed by atoms with van der Waals surface area (Å²) in [5.74, 6) is 0. The van der Waals surface area contributed by atoms with Crippen molar-refractivity contribution in [3.05, 3.63) is 0 Å². The zero-order chi connectivity index (χ0) is 7.28. The van der Waals surface area contributed by atoms with E-state index in [0.29, 0.717) is 0 Å². The molecular formula is C6H16N2O. The number of hydrogen-bond donors (Lipinski definition) is 1. The van der Waals surface area contributed by atoms with E-state index in [1.54, 1.807) is 0 Å². The molecule has 3 heteroatoms. The molecule has 0 amide bonds. The number of aliphatic hydroxyl groups is 1. The normalized spacial score (nSPS) is 11.3. The average Bonchev–Trinajstić information content (AvgIpc) is 1.87. The molecule has 3 nitrogen and oxygen atoms in total. The van der Waals surface area contributed by atoms with Gasteiger partial charge in [-0.25, -0.2) is 0 Å². The Morgan fingerprint density at radius 2 is 1.78 bits per heavy atom. The minimum absolute atomic E-state index is 0.129. The van der Waals surface area contributed by atoms with Crippen molar-refractivity contribution in [1.82, 2.24) is 9.80 Å². The Kier molecular flexibility index (Phi) is 4.67. The molecule has 0 rings (SSSR count). The third-order valence-electron chi connectivity index (χ3n) is 1.26. The van der Waals surface area contributed by atoms with Crippen LogP contribution in [0, 0.1) is 0 Å². The van der Waals surface area contributed by atoms with Crippen molar-refractivity contribution in [3.8, 4) is 0 Å². The van der Waals surface area contributed by atoms with Crippen LogP contribution >= 0.6 is 0 Å². The SMILES string of the molecule is CCN(C)CN(C)CO. The summed E-state index contributed by atoms with van der Waals surface area (Å²) in [5.41, 5.74) is 0. The predicted molar refractivity (Wildman–Crippen MR) is 38.0 cm³/mol. The molecule has 0 bridgehead atoms. The first-order chi connectivity index (χ1) is 4.20. The summed E-state index contributed by atoms with van der Waals surface area (Å²) in [6, 6.07) is 0. The highest BCUT2D eigenvalue weighted by molar-refractivity contribution is 4.43. The average molecular weight is 132 g/mol. The third kappa shape index (κ3) is 4.39. The van der Waals surface area contributed by atoms with E-state index in [9.17, 15) is 0 Å². The molecule has 1 N–H and O–H groups in total. The summed E-state index contributed by atoms with van der Waals surface area (Å²) in [7, 11) is 3.90. The zero-order valence-electron chi connectivity index (χ0n) is 6.46. The summed E-state index contributed by atoms with van der Waals surface area (Å²) in [5, 5.41) is 8.58. The maximum atomic E-state index is 8.58. The molecule has 0 spiro atoms. The van der Waals surface area contributed by atoms with Gasteiger partial charge in [-0.1, -0.05) is 6.92 Å². The van der Waals surface area contributed by atoms with Crippen molar-refractivity contribution in [1.29, 1.82) is 0 Å².